The maximum absolute atomic E-state index is 12.9. The van der Waals surface area contributed by atoms with Gasteiger partial charge in [0, 0.05) is 6.04 Å². The molecule has 1 amide bonds. The number of hydrogen-bond acceptors (Lipinski definition) is 2. The number of piperidine rings is 1. The zero-order valence-electron chi connectivity index (χ0n) is 11.8. The van der Waals surface area contributed by atoms with Crippen molar-refractivity contribution in [2.45, 2.75) is 32.0 Å². The van der Waals surface area contributed by atoms with Gasteiger partial charge in [0.05, 0.1) is 11.1 Å². The lowest BCUT2D eigenvalue weighted by atomic mass is 9.91. The molecular weight excluding hydrogens is 281 g/mol. The van der Waals surface area contributed by atoms with Crippen LogP contribution in [-0.2, 0) is 6.18 Å². The molecule has 21 heavy (non-hydrogen) atoms. The van der Waals surface area contributed by atoms with Crippen molar-refractivity contribution < 1.29 is 18.0 Å². The molecule has 1 atom stereocenters. The van der Waals surface area contributed by atoms with Crippen molar-refractivity contribution in [1.82, 2.24) is 10.6 Å². The summed E-state index contributed by atoms with van der Waals surface area (Å²) < 4.78 is 38.7. The third kappa shape index (κ3) is 3.97. The largest absolute Gasteiger partial charge is 0.417 e. The number of carbonyl (C=O) groups excluding carboxylic acids is 1. The zero-order valence-corrected chi connectivity index (χ0v) is 11.8. The molecule has 116 valence electrons. The lowest BCUT2D eigenvalue weighted by Crippen LogP contribution is -2.43. The Morgan fingerprint density at radius 1 is 1.29 bits per heavy atom. The Bertz CT molecular complexity index is 496. The van der Waals surface area contributed by atoms with Crippen LogP contribution in [0.4, 0.5) is 13.2 Å². The number of rotatable bonds is 3. The van der Waals surface area contributed by atoms with Crippen molar-refractivity contribution in [3.63, 3.8) is 0 Å². The fourth-order valence-corrected chi connectivity index (χ4v) is 2.67. The molecule has 1 unspecified atom stereocenters. The molecule has 2 N–H and O–H groups in total. The Kier molecular flexibility index (Phi) is 4.88. The summed E-state index contributed by atoms with van der Waals surface area (Å²) in [6.45, 7) is 3.61. The normalized spacial score (nSPS) is 18.3. The standard InChI is InChI=1S/C15H19F3N2O/c1-10(11-6-8-19-9-7-11)20-14(21)12-4-2-3-5-13(12)15(16,17)18/h2-5,10-11,19H,6-9H2,1H3,(H,20,21). The number of alkyl halides is 3. The Labute approximate surface area is 121 Å². The van der Waals surface area contributed by atoms with Crippen molar-refractivity contribution in [2.24, 2.45) is 5.92 Å². The number of carbonyl (C=O) groups is 1. The summed E-state index contributed by atoms with van der Waals surface area (Å²) >= 11 is 0. The van der Waals surface area contributed by atoms with E-state index in [4.69, 9.17) is 0 Å². The lowest BCUT2D eigenvalue weighted by molar-refractivity contribution is -0.137. The summed E-state index contributed by atoms with van der Waals surface area (Å²) in [5.74, 6) is -0.359. The van der Waals surface area contributed by atoms with E-state index in [-0.39, 0.29) is 11.6 Å². The van der Waals surface area contributed by atoms with E-state index in [1.54, 1.807) is 0 Å². The quantitative estimate of drug-likeness (QED) is 0.901. The fourth-order valence-electron chi connectivity index (χ4n) is 2.67. The highest BCUT2D eigenvalue weighted by molar-refractivity contribution is 5.96. The smallest absolute Gasteiger partial charge is 0.349 e. The molecule has 1 heterocycles. The average Bonchev–Trinajstić information content (AvgIpc) is 2.47. The first kappa shape index (κ1) is 15.8. The van der Waals surface area contributed by atoms with Crippen LogP contribution in [0.3, 0.4) is 0 Å². The molecule has 0 radical (unpaired) electrons. The van der Waals surface area contributed by atoms with Crippen LogP contribution < -0.4 is 10.6 Å². The van der Waals surface area contributed by atoms with Gasteiger partial charge in [-0.05, 0) is 50.9 Å². The van der Waals surface area contributed by atoms with E-state index in [1.165, 1.54) is 18.2 Å². The third-order valence-corrected chi connectivity index (χ3v) is 3.93. The summed E-state index contributed by atoms with van der Waals surface area (Å²) in [6.07, 6.45) is -2.68. The summed E-state index contributed by atoms with van der Waals surface area (Å²) in [7, 11) is 0. The van der Waals surface area contributed by atoms with Crippen LogP contribution in [0.2, 0.25) is 0 Å². The van der Waals surface area contributed by atoms with E-state index in [0.29, 0.717) is 5.92 Å². The average molecular weight is 300 g/mol. The van der Waals surface area contributed by atoms with Gasteiger partial charge in [-0.1, -0.05) is 12.1 Å². The van der Waals surface area contributed by atoms with Gasteiger partial charge >= 0.3 is 6.18 Å². The second-order valence-corrected chi connectivity index (χ2v) is 5.39. The van der Waals surface area contributed by atoms with E-state index in [1.807, 2.05) is 6.92 Å². The molecule has 1 aliphatic heterocycles. The van der Waals surface area contributed by atoms with Gasteiger partial charge < -0.3 is 10.6 Å². The second-order valence-electron chi connectivity index (χ2n) is 5.39. The molecular formula is C15H19F3N2O. The van der Waals surface area contributed by atoms with Gasteiger partial charge in [0.25, 0.3) is 5.91 Å². The monoisotopic (exact) mass is 300 g/mol. The van der Waals surface area contributed by atoms with E-state index < -0.39 is 17.6 Å². The van der Waals surface area contributed by atoms with E-state index in [2.05, 4.69) is 10.6 Å². The van der Waals surface area contributed by atoms with Gasteiger partial charge in [-0.3, -0.25) is 4.79 Å². The van der Waals surface area contributed by atoms with Crippen LogP contribution in [0.25, 0.3) is 0 Å². The van der Waals surface area contributed by atoms with Crippen LogP contribution in [0.5, 0.6) is 0 Å². The number of amides is 1. The first-order valence-corrected chi connectivity index (χ1v) is 7.07. The maximum Gasteiger partial charge on any atom is 0.417 e. The van der Waals surface area contributed by atoms with Crippen LogP contribution in [-0.4, -0.2) is 25.0 Å². The third-order valence-electron chi connectivity index (χ3n) is 3.93. The molecule has 0 bridgehead atoms. The lowest BCUT2D eigenvalue weighted by Gasteiger charge is -2.29. The predicted molar refractivity (Wildman–Crippen MR) is 74.0 cm³/mol. The number of halogens is 3. The first-order chi connectivity index (χ1) is 9.89. The molecule has 1 aromatic rings. The van der Waals surface area contributed by atoms with Crippen molar-refractivity contribution in [1.29, 1.82) is 0 Å². The summed E-state index contributed by atoms with van der Waals surface area (Å²) in [4.78, 5) is 12.1. The van der Waals surface area contributed by atoms with Gasteiger partial charge in [0.15, 0.2) is 0 Å². The number of nitrogens with one attached hydrogen (secondary N) is 2. The molecule has 1 aromatic carbocycles. The van der Waals surface area contributed by atoms with Crippen LogP contribution in [0.15, 0.2) is 24.3 Å². The van der Waals surface area contributed by atoms with Gasteiger partial charge in [-0.15, -0.1) is 0 Å². The van der Waals surface area contributed by atoms with Crippen molar-refractivity contribution in [3.8, 4) is 0 Å². The van der Waals surface area contributed by atoms with Crippen LogP contribution in [0, 0.1) is 5.92 Å². The maximum atomic E-state index is 12.9. The highest BCUT2D eigenvalue weighted by atomic mass is 19.4. The fraction of sp³-hybridized carbons (Fsp3) is 0.533. The number of benzene rings is 1. The van der Waals surface area contributed by atoms with Crippen molar-refractivity contribution in [3.05, 3.63) is 35.4 Å². The Hall–Kier alpha value is -1.56. The summed E-state index contributed by atoms with van der Waals surface area (Å²) in [5, 5.41) is 5.93. The minimum Gasteiger partial charge on any atom is -0.349 e. The molecule has 3 nitrogen and oxygen atoms in total. The molecule has 1 saturated heterocycles. The summed E-state index contributed by atoms with van der Waals surface area (Å²) in [5.41, 5.74) is -1.20. The van der Waals surface area contributed by atoms with Crippen LogP contribution >= 0.6 is 0 Å². The van der Waals surface area contributed by atoms with Gasteiger partial charge in [0.2, 0.25) is 0 Å². The number of hydrogen-bond donors (Lipinski definition) is 2. The predicted octanol–water partition coefficient (Wildman–Crippen LogP) is 2.82. The summed E-state index contributed by atoms with van der Waals surface area (Å²) in [6, 6.07) is 4.74. The molecule has 0 spiro atoms. The van der Waals surface area contributed by atoms with Gasteiger partial charge in [0.1, 0.15) is 0 Å². The Morgan fingerprint density at radius 3 is 2.52 bits per heavy atom. The second kappa shape index (κ2) is 6.47. The van der Waals surface area contributed by atoms with Gasteiger partial charge in [-0.2, -0.15) is 13.2 Å². The molecule has 1 aliphatic rings. The molecule has 0 aromatic heterocycles. The topological polar surface area (TPSA) is 41.1 Å². The Balaban J connectivity index is 2.10. The van der Waals surface area contributed by atoms with E-state index in [9.17, 15) is 18.0 Å². The van der Waals surface area contributed by atoms with Crippen LogP contribution in [0.1, 0.15) is 35.7 Å². The molecule has 1 fully saturated rings. The minimum absolute atomic E-state index is 0.138. The first-order valence-electron chi connectivity index (χ1n) is 7.07. The molecule has 2 rings (SSSR count). The minimum atomic E-state index is -4.52. The van der Waals surface area contributed by atoms with Crippen molar-refractivity contribution in [2.75, 3.05) is 13.1 Å². The molecule has 6 heteroatoms. The van der Waals surface area contributed by atoms with Crippen molar-refractivity contribution >= 4 is 5.91 Å². The van der Waals surface area contributed by atoms with Gasteiger partial charge in [-0.25, -0.2) is 0 Å². The molecule has 0 aliphatic carbocycles. The van der Waals surface area contributed by atoms with E-state index >= 15 is 0 Å². The Morgan fingerprint density at radius 2 is 1.90 bits per heavy atom. The molecule has 0 saturated carbocycles. The highest BCUT2D eigenvalue weighted by Gasteiger charge is 2.35. The SMILES string of the molecule is CC(NC(=O)c1ccccc1C(F)(F)F)C1CCNCC1. The highest BCUT2D eigenvalue weighted by Crippen LogP contribution is 2.32. The van der Waals surface area contributed by atoms with E-state index in [0.717, 1.165) is 32.0 Å². The zero-order chi connectivity index (χ0) is 15.5.